The van der Waals surface area contributed by atoms with Crippen molar-refractivity contribution in [1.29, 1.82) is 5.26 Å². The summed E-state index contributed by atoms with van der Waals surface area (Å²) in [6.07, 6.45) is 0. The quantitative estimate of drug-likeness (QED) is 0.219. The summed E-state index contributed by atoms with van der Waals surface area (Å²) in [6.45, 7) is 3.41. The molecule has 0 bridgehead atoms. The van der Waals surface area contributed by atoms with Gasteiger partial charge in [-0.25, -0.2) is 0 Å². The Hall–Kier alpha value is -2.85. The van der Waals surface area contributed by atoms with Gasteiger partial charge in [0.05, 0.1) is 28.3 Å². The van der Waals surface area contributed by atoms with Crippen molar-refractivity contribution >= 4 is 73.5 Å². The maximum Gasteiger partial charge on any atom is 0.234 e. The van der Waals surface area contributed by atoms with Gasteiger partial charge in [0.25, 0.3) is 0 Å². The van der Waals surface area contributed by atoms with Crippen LogP contribution in [0.25, 0.3) is 0 Å². The molecule has 0 aromatic heterocycles. The van der Waals surface area contributed by atoms with E-state index in [2.05, 4.69) is 60.5 Å². The number of thioether (sulfide) groups is 1. The van der Waals surface area contributed by atoms with Gasteiger partial charge in [-0.2, -0.15) is 5.26 Å². The van der Waals surface area contributed by atoms with Gasteiger partial charge in [0.1, 0.15) is 5.72 Å². The Morgan fingerprint density at radius 2 is 1.77 bits per heavy atom. The van der Waals surface area contributed by atoms with Crippen LogP contribution in [0.2, 0.25) is 0 Å². The first-order valence-electron chi connectivity index (χ1n) is 12.0. The second kappa shape index (κ2) is 12.6. The minimum absolute atomic E-state index is 0.00165. The van der Waals surface area contributed by atoms with E-state index < -0.39 is 23.5 Å². The lowest BCUT2D eigenvalue weighted by Gasteiger charge is -2.43. The van der Waals surface area contributed by atoms with Gasteiger partial charge >= 0.3 is 0 Å². The van der Waals surface area contributed by atoms with Gasteiger partial charge in [-0.15, -0.1) is 0 Å². The van der Waals surface area contributed by atoms with Crippen LogP contribution < -0.4 is 16.0 Å². The zero-order chi connectivity index (χ0) is 28.2. The van der Waals surface area contributed by atoms with Gasteiger partial charge in [-0.1, -0.05) is 64.1 Å². The number of carbonyl (C=O) groups is 2. The van der Waals surface area contributed by atoms with E-state index in [0.29, 0.717) is 16.4 Å². The predicted octanol–water partition coefficient (Wildman–Crippen LogP) is 6.12. The number of rotatable bonds is 7. The Morgan fingerprint density at radius 3 is 2.44 bits per heavy atom. The number of benzene rings is 3. The fourth-order valence-electron chi connectivity index (χ4n) is 4.50. The highest BCUT2D eigenvalue weighted by Crippen LogP contribution is 2.46. The summed E-state index contributed by atoms with van der Waals surface area (Å²) in [6, 6.07) is 24.4. The number of aryl methyl sites for hydroxylation is 1. The van der Waals surface area contributed by atoms with Crippen LogP contribution in [0.15, 0.2) is 87.9 Å². The summed E-state index contributed by atoms with van der Waals surface area (Å²) in [7, 11) is 0. The minimum Gasteiger partial charge on any atom is -0.370 e. The number of carbonyl (C=O) groups excluding carboxylic acids is 2. The highest BCUT2D eigenvalue weighted by Gasteiger charge is 2.50. The average molecular weight is 717 g/mol. The first kappa shape index (κ1) is 29.1. The van der Waals surface area contributed by atoms with E-state index >= 15 is 0 Å². The van der Waals surface area contributed by atoms with E-state index in [9.17, 15) is 20.0 Å². The number of hydrogen-bond donors (Lipinski definition) is 4. The van der Waals surface area contributed by atoms with Gasteiger partial charge in [0, 0.05) is 25.3 Å². The van der Waals surface area contributed by atoms with Gasteiger partial charge in [0.2, 0.25) is 11.8 Å². The monoisotopic (exact) mass is 716 g/mol. The zero-order valence-corrected chi connectivity index (χ0v) is 25.7. The molecule has 1 heterocycles. The Bertz CT molecular complexity index is 1470. The van der Waals surface area contributed by atoms with Gasteiger partial charge in [0.15, 0.2) is 0 Å². The smallest absolute Gasteiger partial charge is 0.234 e. The van der Waals surface area contributed by atoms with Crippen molar-refractivity contribution in [2.24, 2.45) is 5.92 Å². The molecule has 7 nitrogen and oxygen atoms in total. The Balaban J connectivity index is 1.68. The maximum absolute atomic E-state index is 13.8. The van der Waals surface area contributed by atoms with Crippen molar-refractivity contribution < 1.29 is 14.7 Å². The van der Waals surface area contributed by atoms with E-state index in [1.165, 1.54) is 6.92 Å². The molecule has 0 fully saturated rings. The summed E-state index contributed by atoms with van der Waals surface area (Å²) >= 11 is 6.67. The molecule has 1 aliphatic rings. The first-order valence-corrected chi connectivity index (χ1v) is 14.9. The highest BCUT2D eigenvalue weighted by molar-refractivity contribution is 14.1. The number of halogens is 2. The number of nitrogens with zero attached hydrogens (tertiary/aromatic N) is 1. The summed E-state index contributed by atoms with van der Waals surface area (Å²) in [4.78, 5) is 26.5. The van der Waals surface area contributed by atoms with E-state index in [1.54, 1.807) is 18.2 Å². The molecule has 0 saturated carbocycles. The number of aliphatic hydroxyl groups is 1. The second-order valence-corrected chi connectivity index (χ2v) is 12.3. The van der Waals surface area contributed by atoms with Crippen molar-refractivity contribution in [1.82, 2.24) is 5.32 Å². The largest absolute Gasteiger partial charge is 0.370 e. The minimum atomic E-state index is -1.72. The zero-order valence-electron chi connectivity index (χ0n) is 21.2. The van der Waals surface area contributed by atoms with Crippen LogP contribution in [0, 0.1) is 27.7 Å². The topological polar surface area (TPSA) is 114 Å². The third-order valence-corrected chi connectivity index (χ3v) is 8.91. The summed E-state index contributed by atoms with van der Waals surface area (Å²) < 4.78 is 1.76. The van der Waals surface area contributed by atoms with Crippen molar-refractivity contribution in [2.45, 2.75) is 25.5 Å². The lowest BCUT2D eigenvalue weighted by atomic mass is 9.73. The lowest BCUT2D eigenvalue weighted by Crippen LogP contribution is -2.57. The van der Waals surface area contributed by atoms with Crippen molar-refractivity contribution in [2.75, 3.05) is 16.4 Å². The molecule has 3 aromatic carbocycles. The number of amides is 2. The number of nitriles is 1. The molecule has 200 valence electrons. The fraction of sp³-hybridized carbons (Fsp3) is 0.207. The molecule has 0 radical (unpaired) electrons. The number of nitrogens with one attached hydrogen (secondary N) is 3. The van der Waals surface area contributed by atoms with Gasteiger partial charge < -0.3 is 21.1 Å². The number of anilines is 2. The molecule has 10 heteroatoms. The molecule has 4 rings (SSSR count). The molecule has 3 atom stereocenters. The van der Waals surface area contributed by atoms with Crippen LogP contribution >= 0.6 is 50.3 Å². The van der Waals surface area contributed by atoms with Crippen molar-refractivity contribution in [3.63, 3.8) is 0 Å². The van der Waals surface area contributed by atoms with E-state index in [-0.39, 0.29) is 17.2 Å². The maximum atomic E-state index is 13.8. The predicted molar refractivity (Wildman–Crippen MR) is 167 cm³/mol. The molecule has 3 aromatic rings. The van der Waals surface area contributed by atoms with E-state index in [4.69, 9.17) is 0 Å². The van der Waals surface area contributed by atoms with Crippen LogP contribution in [-0.4, -0.2) is 28.4 Å². The number of allylic oxidation sites excluding steroid dienone is 1. The lowest BCUT2D eigenvalue weighted by molar-refractivity contribution is -0.132. The molecule has 2 amide bonds. The fourth-order valence-corrected chi connectivity index (χ4v) is 6.44. The van der Waals surface area contributed by atoms with Crippen LogP contribution in [0.1, 0.15) is 24.0 Å². The Labute approximate surface area is 253 Å². The molecule has 0 unspecified atom stereocenters. The van der Waals surface area contributed by atoms with Gasteiger partial charge in [-0.05, 0) is 84.0 Å². The summed E-state index contributed by atoms with van der Waals surface area (Å²) in [5.74, 6) is -2.47. The molecule has 4 N–H and O–H groups in total. The molecule has 39 heavy (non-hydrogen) atoms. The summed E-state index contributed by atoms with van der Waals surface area (Å²) in [5, 5.41) is 31.1. The molecule has 1 aliphatic heterocycles. The van der Waals surface area contributed by atoms with Crippen LogP contribution in [0.3, 0.4) is 0 Å². The van der Waals surface area contributed by atoms with Gasteiger partial charge in [-0.3, -0.25) is 9.59 Å². The first-order chi connectivity index (χ1) is 18.6. The highest BCUT2D eigenvalue weighted by atomic mass is 127. The third-order valence-electron chi connectivity index (χ3n) is 6.38. The standard InChI is InChI=1S/C29H26BrIN4O3S/c1-17-7-3-6-10-23(17)34-27(37)26-25(20-8-4-5-9-22(20)31)21(15-32)28(35-29(26,2)38)39-16-24(36)33-19-13-11-18(30)12-14-19/h3-14,25-26,35,38H,16H2,1-2H3,(H,33,36)(H,34,37)/t25-,26+,29-/m1/s1. The van der Waals surface area contributed by atoms with Crippen LogP contribution in [-0.2, 0) is 9.59 Å². The summed E-state index contributed by atoms with van der Waals surface area (Å²) in [5.41, 5.74) is 1.47. The Kier molecular flexibility index (Phi) is 9.38. The molecule has 0 aliphatic carbocycles. The number of hydrogen-bond acceptors (Lipinski definition) is 6. The number of para-hydroxylation sites is 1. The average Bonchev–Trinajstić information content (AvgIpc) is 2.89. The molecular formula is C29H26BrIN4O3S. The van der Waals surface area contributed by atoms with E-state index in [1.807, 2.05) is 61.5 Å². The van der Waals surface area contributed by atoms with Crippen LogP contribution in [0.5, 0.6) is 0 Å². The SMILES string of the molecule is Cc1ccccc1NC(=O)[C@@H]1[C@H](c2ccccc2I)C(C#N)=C(SCC(=O)Nc2ccc(Br)cc2)N[C@]1(C)O. The normalized spacial score (nSPS) is 20.5. The molecule has 0 spiro atoms. The van der Waals surface area contributed by atoms with Crippen LogP contribution in [0.4, 0.5) is 11.4 Å². The Morgan fingerprint density at radius 1 is 1.10 bits per heavy atom. The molecular weight excluding hydrogens is 691 g/mol. The van der Waals surface area contributed by atoms with E-state index in [0.717, 1.165) is 30.9 Å². The van der Waals surface area contributed by atoms with Crippen molar-refractivity contribution in [3.05, 3.63) is 103 Å². The second-order valence-electron chi connectivity index (χ2n) is 9.25. The van der Waals surface area contributed by atoms with Crippen molar-refractivity contribution in [3.8, 4) is 6.07 Å². The molecule has 0 saturated heterocycles. The third kappa shape index (κ3) is 6.84.